The lowest BCUT2D eigenvalue weighted by Crippen LogP contribution is -1.91. The largest absolute Gasteiger partial charge is 0.295 e. The van der Waals surface area contributed by atoms with Gasteiger partial charge >= 0.3 is 0 Å². The van der Waals surface area contributed by atoms with Crippen LogP contribution in [0.25, 0.3) is 6.08 Å². The van der Waals surface area contributed by atoms with Crippen molar-refractivity contribution in [2.75, 3.05) is 0 Å². The molecule has 88 valence electrons. The first-order chi connectivity index (χ1) is 8.26. The van der Waals surface area contributed by atoms with Crippen LogP contribution in [-0.4, -0.2) is 5.78 Å². The van der Waals surface area contributed by atoms with E-state index >= 15 is 0 Å². The van der Waals surface area contributed by atoms with Gasteiger partial charge in [0.05, 0.1) is 11.6 Å². The highest BCUT2D eigenvalue weighted by atomic mass is 16.1. The molecule has 0 saturated carbocycles. The lowest BCUT2D eigenvalue weighted by atomic mass is 10.1. The maximum atomic E-state index is 11.5. The van der Waals surface area contributed by atoms with Gasteiger partial charge in [0.25, 0.3) is 0 Å². The van der Waals surface area contributed by atoms with Crippen molar-refractivity contribution in [2.45, 2.75) is 32.6 Å². The second-order valence-electron chi connectivity index (χ2n) is 3.99. The third-order valence-corrected chi connectivity index (χ3v) is 2.53. The Morgan fingerprint density at radius 1 is 1.29 bits per heavy atom. The predicted molar refractivity (Wildman–Crippen MR) is 69.3 cm³/mol. The van der Waals surface area contributed by atoms with Gasteiger partial charge in [-0.15, -0.1) is 0 Å². The number of allylic oxidation sites excluding steroid dienone is 1. The van der Waals surface area contributed by atoms with Gasteiger partial charge in [-0.2, -0.15) is 5.26 Å². The van der Waals surface area contributed by atoms with Gasteiger partial charge in [-0.1, -0.05) is 38.0 Å². The SMILES string of the molecule is CCCCCC(=O)/C=C/c1ccc(C#N)cc1. The third-order valence-electron chi connectivity index (χ3n) is 2.53. The van der Waals surface area contributed by atoms with Crippen molar-refractivity contribution >= 4 is 11.9 Å². The van der Waals surface area contributed by atoms with E-state index in [2.05, 4.69) is 13.0 Å². The third kappa shape index (κ3) is 5.12. The van der Waals surface area contributed by atoms with Crippen LogP contribution in [-0.2, 0) is 4.79 Å². The monoisotopic (exact) mass is 227 g/mol. The number of ketones is 1. The summed E-state index contributed by atoms with van der Waals surface area (Å²) in [7, 11) is 0. The molecule has 0 heterocycles. The highest BCUT2D eigenvalue weighted by Crippen LogP contribution is 2.06. The molecule has 0 unspecified atom stereocenters. The van der Waals surface area contributed by atoms with E-state index in [-0.39, 0.29) is 5.78 Å². The minimum atomic E-state index is 0.169. The summed E-state index contributed by atoms with van der Waals surface area (Å²) in [5.41, 5.74) is 1.59. The van der Waals surface area contributed by atoms with Crippen molar-refractivity contribution in [1.82, 2.24) is 0 Å². The van der Waals surface area contributed by atoms with Crippen molar-refractivity contribution < 1.29 is 4.79 Å². The fourth-order valence-corrected chi connectivity index (χ4v) is 1.49. The molecule has 0 atom stereocenters. The van der Waals surface area contributed by atoms with E-state index in [4.69, 9.17) is 5.26 Å². The zero-order valence-corrected chi connectivity index (χ0v) is 10.1. The van der Waals surface area contributed by atoms with Gasteiger partial charge in [0.15, 0.2) is 5.78 Å². The highest BCUT2D eigenvalue weighted by molar-refractivity contribution is 5.93. The van der Waals surface area contributed by atoms with E-state index in [1.807, 2.05) is 12.1 Å². The minimum Gasteiger partial charge on any atom is -0.295 e. The summed E-state index contributed by atoms with van der Waals surface area (Å²) < 4.78 is 0. The molecule has 2 nitrogen and oxygen atoms in total. The van der Waals surface area contributed by atoms with Gasteiger partial charge in [0.1, 0.15) is 0 Å². The summed E-state index contributed by atoms with van der Waals surface area (Å²) in [6, 6.07) is 9.25. The molecule has 0 bridgehead atoms. The normalized spacial score (nSPS) is 10.4. The molecule has 0 N–H and O–H groups in total. The number of hydrogen-bond acceptors (Lipinski definition) is 2. The van der Waals surface area contributed by atoms with E-state index in [1.165, 1.54) is 0 Å². The molecular formula is C15H17NO. The molecule has 1 aromatic carbocycles. The van der Waals surface area contributed by atoms with E-state index in [0.29, 0.717) is 12.0 Å². The van der Waals surface area contributed by atoms with E-state index in [9.17, 15) is 4.79 Å². The first kappa shape index (κ1) is 13.2. The Bertz CT molecular complexity index is 423. The molecule has 0 spiro atoms. The molecule has 0 radical (unpaired) electrons. The smallest absolute Gasteiger partial charge is 0.155 e. The van der Waals surface area contributed by atoms with Crippen LogP contribution in [0.1, 0.15) is 43.7 Å². The van der Waals surface area contributed by atoms with Gasteiger partial charge in [-0.25, -0.2) is 0 Å². The van der Waals surface area contributed by atoms with Crippen LogP contribution in [0.5, 0.6) is 0 Å². The van der Waals surface area contributed by atoms with Crippen molar-refractivity contribution in [3.63, 3.8) is 0 Å². The number of hydrogen-bond donors (Lipinski definition) is 0. The number of unbranched alkanes of at least 4 members (excludes halogenated alkanes) is 2. The lowest BCUT2D eigenvalue weighted by Gasteiger charge is -1.95. The molecule has 0 fully saturated rings. The van der Waals surface area contributed by atoms with Gasteiger partial charge in [-0.05, 0) is 30.2 Å². The van der Waals surface area contributed by atoms with Crippen molar-refractivity contribution in [1.29, 1.82) is 5.26 Å². The molecular weight excluding hydrogens is 210 g/mol. The van der Waals surface area contributed by atoms with Crippen LogP contribution in [0.4, 0.5) is 0 Å². The lowest BCUT2D eigenvalue weighted by molar-refractivity contribution is -0.114. The molecule has 0 aliphatic rings. The summed E-state index contributed by atoms with van der Waals surface area (Å²) in [4.78, 5) is 11.5. The zero-order chi connectivity index (χ0) is 12.5. The van der Waals surface area contributed by atoms with Gasteiger partial charge in [0, 0.05) is 6.42 Å². The summed E-state index contributed by atoms with van der Waals surface area (Å²) in [5.74, 6) is 0.169. The van der Waals surface area contributed by atoms with Gasteiger partial charge in [-0.3, -0.25) is 4.79 Å². The average Bonchev–Trinajstić information content (AvgIpc) is 2.37. The molecule has 0 saturated heterocycles. The molecule has 0 amide bonds. The number of carbonyl (C=O) groups excluding carboxylic acids is 1. The minimum absolute atomic E-state index is 0.169. The Morgan fingerprint density at radius 2 is 2.00 bits per heavy atom. The zero-order valence-electron chi connectivity index (χ0n) is 10.1. The van der Waals surface area contributed by atoms with E-state index in [1.54, 1.807) is 24.3 Å². The van der Waals surface area contributed by atoms with Crippen molar-refractivity contribution in [3.8, 4) is 6.07 Å². The maximum Gasteiger partial charge on any atom is 0.155 e. The van der Waals surface area contributed by atoms with Crippen molar-refractivity contribution in [2.24, 2.45) is 0 Å². The van der Waals surface area contributed by atoms with Crippen LogP contribution in [0, 0.1) is 11.3 Å². The Morgan fingerprint density at radius 3 is 2.59 bits per heavy atom. The molecule has 0 aliphatic carbocycles. The standard InChI is InChI=1S/C15H17NO/c1-2-3-4-5-15(17)11-10-13-6-8-14(12-16)9-7-13/h6-11H,2-5H2,1H3/b11-10+. The van der Waals surface area contributed by atoms with Gasteiger partial charge < -0.3 is 0 Å². The Balaban J connectivity index is 2.47. The summed E-state index contributed by atoms with van der Waals surface area (Å²) >= 11 is 0. The van der Waals surface area contributed by atoms with Crippen LogP contribution < -0.4 is 0 Å². The number of nitrogens with zero attached hydrogens (tertiary/aromatic N) is 1. The van der Waals surface area contributed by atoms with Crippen LogP contribution in [0.3, 0.4) is 0 Å². The fraction of sp³-hybridized carbons (Fsp3) is 0.333. The maximum absolute atomic E-state index is 11.5. The van der Waals surface area contributed by atoms with Gasteiger partial charge in [0.2, 0.25) is 0 Å². The van der Waals surface area contributed by atoms with Crippen molar-refractivity contribution in [3.05, 3.63) is 41.5 Å². The second kappa shape index (κ2) is 7.40. The summed E-state index contributed by atoms with van der Waals surface area (Å²) in [6.45, 7) is 2.12. The van der Waals surface area contributed by atoms with E-state index in [0.717, 1.165) is 24.8 Å². The summed E-state index contributed by atoms with van der Waals surface area (Å²) in [6.07, 6.45) is 7.25. The first-order valence-electron chi connectivity index (χ1n) is 5.97. The van der Waals surface area contributed by atoms with Crippen LogP contribution in [0.2, 0.25) is 0 Å². The molecule has 0 aromatic heterocycles. The number of carbonyl (C=O) groups is 1. The predicted octanol–water partition coefficient (Wildman–Crippen LogP) is 3.72. The Hall–Kier alpha value is -1.88. The highest BCUT2D eigenvalue weighted by Gasteiger charge is 1.96. The van der Waals surface area contributed by atoms with Crippen LogP contribution >= 0.6 is 0 Å². The molecule has 1 aromatic rings. The van der Waals surface area contributed by atoms with Crippen LogP contribution in [0.15, 0.2) is 30.3 Å². The quantitative estimate of drug-likeness (QED) is 0.549. The van der Waals surface area contributed by atoms with E-state index < -0.39 is 0 Å². The topological polar surface area (TPSA) is 40.9 Å². The second-order valence-corrected chi connectivity index (χ2v) is 3.99. The average molecular weight is 227 g/mol. The number of nitriles is 1. The Kier molecular flexibility index (Phi) is 5.74. The fourth-order valence-electron chi connectivity index (χ4n) is 1.49. The number of benzene rings is 1. The molecule has 17 heavy (non-hydrogen) atoms. The molecule has 2 heteroatoms. The number of rotatable bonds is 6. The molecule has 1 rings (SSSR count). The first-order valence-corrected chi connectivity index (χ1v) is 5.97. The molecule has 0 aliphatic heterocycles. The Labute approximate surface area is 103 Å². The summed E-state index contributed by atoms with van der Waals surface area (Å²) in [5, 5.41) is 8.64.